The molecule has 3 nitrogen and oxygen atoms in total. The van der Waals surface area contributed by atoms with E-state index in [0.717, 1.165) is 24.8 Å². The lowest BCUT2D eigenvalue weighted by atomic mass is 10.1. The summed E-state index contributed by atoms with van der Waals surface area (Å²) < 4.78 is 22.6. The molecule has 1 aliphatic rings. The molecule has 0 aromatic heterocycles. The first-order valence-electron chi connectivity index (χ1n) is 5.46. The molecule has 86 valence electrons. The Morgan fingerprint density at radius 1 is 1.27 bits per heavy atom. The summed E-state index contributed by atoms with van der Waals surface area (Å²) in [5.74, 6) is 0.521. The topological polar surface area (TPSA) is 51.2 Å². The van der Waals surface area contributed by atoms with Crippen LogP contribution in [0.2, 0.25) is 0 Å². The lowest BCUT2D eigenvalue weighted by Gasteiger charge is -2.04. The fourth-order valence-electron chi connectivity index (χ4n) is 1.65. The minimum absolute atomic E-state index is 0.149. The minimum atomic E-state index is -2.90. The summed E-state index contributed by atoms with van der Waals surface area (Å²) in [6.45, 7) is 1.65. The number of carbonyl (C=O) groups excluding carboxylic acids is 1. The van der Waals surface area contributed by atoms with Gasteiger partial charge in [-0.05, 0) is 31.8 Å². The quantitative estimate of drug-likeness (QED) is 0.741. The average molecular weight is 230 g/mol. The van der Waals surface area contributed by atoms with Gasteiger partial charge in [0.2, 0.25) is 0 Å². The van der Waals surface area contributed by atoms with Crippen LogP contribution in [0.4, 0.5) is 0 Å². The first-order valence-corrected chi connectivity index (χ1v) is 7.28. The highest BCUT2D eigenvalue weighted by Gasteiger charge is 2.12. The smallest absolute Gasteiger partial charge is 0.155 e. The highest BCUT2D eigenvalue weighted by Crippen LogP contribution is 2.18. The molecule has 0 amide bonds. The van der Waals surface area contributed by atoms with Gasteiger partial charge in [0.15, 0.2) is 5.78 Å². The van der Waals surface area contributed by atoms with Crippen molar-refractivity contribution in [2.75, 3.05) is 11.5 Å². The molecule has 0 fully saturated rings. The predicted octanol–water partition coefficient (Wildman–Crippen LogP) is 1.88. The van der Waals surface area contributed by atoms with Crippen LogP contribution >= 0.6 is 0 Å². The molecule has 0 radical (unpaired) electrons. The van der Waals surface area contributed by atoms with E-state index in [1.165, 1.54) is 0 Å². The van der Waals surface area contributed by atoms with Gasteiger partial charge in [0.1, 0.15) is 9.84 Å². The number of hydrogen-bond donors (Lipinski definition) is 0. The van der Waals surface area contributed by atoms with Crippen molar-refractivity contribution >= 4 is 15.6 Å². The minimum Gasteiger partial charge on any atom is -0.295 e. The summed E-state index contributed by atoms with van der Waals surface area (Å²) in [6, 6.07) is 0. The second-order valence-electron chi connectivity index (χ2n) is 3.96. The van der Waals surface area contributed by atoms with Crippen molar-refractivity contribution in [2.24, 2.45) is 0 Å². The third kappa shape index (κ3) is 4.60. The number of ketones is 1. The Bertz CT molecular complexity index is 352. The van der Waals surface area contributed by atoms with Crippen LogP contribution in [0.15, 0.2) is 11.6 Å². The number of carbonyl (C=O) groups is 1. The van der Waals surface area contributed by atoms with E-state index in [-0.39, 0.29) is 17.3 Å². The molecule has 15 heavy (non-hydrogen) atoms. The molecule has 1 aliphatic carbocycles. The summed E-state index contributed by atoms with van der Waals surface area (Å²) in [7, 11) is -2.90. The van der Waals surface area contributed by atoms with E-state index in [1.807, 2.05) is 0 Å². The molecule has 0 saturated carbocycles. The van der Waals surface area contributed by atoms with E-state index in [1.54, 1.807) is 13.0 Å². The fraction of sp³-hybridized carbons (Fsp3) is 0.727. The Labute approximate surface area is 91.5 Å². The van der Waals surface area contributed by atoms with Gasteiger partial charge in [-0.15, -0.1) is 0 Å². The standard InChI is InChI=1S/C11H18O3S/c1-2-15(13,14)8-7-10-5-3-4-6-11(12)9-10/h9H,2-8H2,1H3. The van der Waals surface area contributed by atoms with Crippen LogP contribution in [0, 0.1) is 0 Å². The highest BCUT2D eigenvalue weighted by atomic mass is 32.2. The van der Waals surface area contributed by atoms with Crippen LogP contribution in [0.25, 0.3) is 0 Å². The maximum absolute atomic E-state index is 11.3. The Morgan fingerprint density at radius 3 is 2.60 bits per heavy atom. The first kappa shape index (κ1) is 12.4. The Balaban J connectivity index is 2.54. The van der Waals surface area contributed by atoms with E-state index < -0.39 is 9.84 Å². The summed E-state index contributed by atoms with van der Waals surface area (Å²) in [4.78, 5) is 11.3. The van der Waals surface area contributed by atoms with E-state index in [2.05, 4.69) is 0 Å². The Kier molecular flexibility index (Phi) is 4.51. The largest absolute Gasteiger partial charge is 0.295 e. The normalized spacial score (nSPS) is 18.5. The zero-order chi connectivity index (χ0) is 11.3. The number of rotatable bonds is 4. The molecule has 0 heterocycles. The van der Waals surface area contributed by atoms with E-state index in [0.29, 0.717) is 12.8 Å². The molecule has 0 aliphatic heterocycles. The highest BCUT2D eigenvalue weighted by molar-refractivity contribution is 7.91. The van der Waals surface area contributed by atoms with Crippen LogP contribution in [0.3, 0.4) is 0 Å². The lowest BCUT2D eigenvalue weighted by molar-refractivity contribution is -0.114. The van der Waals surface area contributed by atoms with Crippen LogP contribution in [0.5, 0.6) is 0 Å². The fourth-order valence-corrected chi connectivity index (χ4v) is 2.51. The van der Waals surface area contributed by atoms with Crippen molar-refractivity contribution in [3.8, 4) is 0 Å². The van der Waals surface area contributed by atoms with Crippen LogP contribution in [-0.2, 0) is 14.6 Å². The summed E-state index contributed by atoms with van der Waals surface area (Å²) in [6.07, 6.45) is 5.61. The molecular weight excluding hydrogens is 212 g/mol. The van der Waals surface area contributed by atoms with Gasteiger partial charge in [-0.2, -0.15) is 0 Å². The van der Waals surface area contributed by atoms with Gasteiger partial charge in [-0.25, -0.2) is 8.42 Å². The van der Waals surface area contributed by atoms with Crippen LogP contribution in [0.1, 0.15) is 39.0 Å². The molecule has 0 aromatic rings. The van der Waals surface area contributed by atoms with Crippen molar-refractivity contribution in [2.45, 2.75) is 39.0 Å². The Morgan fingerprint density at radius 2 is 1.93 bits per heavy atom. The molecule has 4 heteroatoms. The summed E-state index contributed by atoms with van der Waals surface area (Å²) >= 11 is 0. The molecule has 0 unspecified atom stereocenters. The first-order chi connectivity index (χ1) is 7.03. The average Bonchev–Trinajstić information content (AvgIpc) is 2.40. The van der Waals surface area contributed by atoms with Crippen LogP contribution < -0.4 is 0 Å². The van der Waals surface area contributed by atoms with Gasteiger partial charge < -0.3 is 0 Å². The van der Waals surface area contributed by atoms with Crippen molar-refractivity contribution in [1.29, 1.82) is 0 Å². The molecule has 0 saturated heterocycles. The van der Waals surface area contributed by atoms with Gasteiger partial charge in [0, 0.05) is 12.2 Å². The van der Waals surface area contributed by atoms with E-state index in [4.69, 9.17) is 0 Å². The number of sulfone groups is 1. The zero-order valence-corrected chi connectivity index (χ0v) is 9.98. The molecule has 0 spiro atoms. The number of hydrogen-bond acceptors (Lipinski definition) is 3. The van der Waals surface area contributed by atoms with Gasteiger partial charge in [0.25, 0.3) is 0 Å². The summed E-state index contributed by atoms with van der Waals surface area (Å²) in [5, 5.41) is 0. The number of allylic oxidation sites excluding steroid dienone is 2. The van der Waals surface area contributed by atoms with Crippen LogP contribution in [-0.4, -0.2) is 25.7 Å². The Hall–Kier alpha value is -0.640. The molecular formula is C11H18O3S. The third-order valence-electron chi connectivity index (χ3n) is 2.71. The van der Waals surface area contributed by atoms with Crippen molar-refractivity contribution in [1.82, 2.24) is 0 Å². The zero-order valence-electron chi connectivity index (χ0n) is 9.16. The molecule has 0 bridgehead atoms. The monoisotopic (exact) mass is 230 g/mol. The van der Waals surface area contributed by atoms with Crippen molar-refractivity contribution < 1.29 is 13.2 Å². The molecule has 0 aromatic carbocycles. The molecule has 0 N–H and O–H groups in total. The van der Waals surface area contributed by atoms with Crippen molar-refractivity contribution in [3.63, 3.8) is 0 Å². The maximum Gasteiger partial charge on any atom is 0.155 e. The second-order valence-corrected chi connectivity index (χ2v) is 6.44. The van der Waals surface area contributed by atoms with Gasteiger partial charge in [-0.3, -0.25) is 4.79 Å². The summed E-state index contributed by atoms with van der Waals surface area (Å²) in [5.41, 5.74) is 1.01. The maximum atomic E-state index is 11.3. The third-order valence-corrected chi connectivity index (χ3v) is 4.42. The van der Waals surface area contributed by atoms with Gasteiger partial charge in [0.05, 0.1) is 5.75 Å². The van der Waals surface area contributed by atoms with Gasteiger partial charge in [-0.1, -0.05) is 12.5 Å². The second kappa shape index (κ2) is 5.45. The lowest BCUT2D eigenvalue weighted by Crippen LogP contribution is -2.09. The molecule has 0 atom stereocenters. The predicted molar refractivity (Wildman–Crippen MR) is 60.5 cm³/mol. The van der Waals surface area contributed by atoms with Crippen molar-refractivity contribution in [3.05, 3.63) is 11.6 Å². The van der Waals surface area contributed by atoms with E-state index in [9.17, 15) is 13.2 Å². The molecule has 1 rings (SSSR count). The SMILES string of the molecule is CCS(=O)(=O)CCC1=CC(=O)CCCC1. The van der Waals surface area contributed by atoms with Gasteiger partial charge >= 0.3 is 0 Å². The van der Waals surface area contributed by atoms with E-state index >= 15 is 0 Å².